The third-order valence-electron chi connectivity index (χ3n) is 1.60. The van der Waals surface area contributed by atoms with E-state index >= 15 is 0 Å². The van der Waals surface area contributed by atoms with Crippen LogP contribution in [0.2, 0.25) is 0 Å². The first-order valence-electron chi connectivity index (χ1n) is 3.88. The summed E-state index contributed by atoms with van der Waals surface area (Å²) in [6.45, 7) is 0. The quantitative estimate of drug-likeness (QED) is 0.785. The lowest BCUT2D eigenvalue weighted by atomic mass is 10.7. The maximum Gasteiger partial charge on any atom is 0.174 e. The Bertz CT molecular complexity index is 442. The molecule has 0 saturated carbocycles. The third-order valence-corrected chi connectivity index (χ3v) is 3.54. The summed E-state index contributed by atoms with van der Waals surface area (Å²) in [5.41, 5.74) is 0. The Morgan fingerprint density at radius 2 is 2.29 bits per heavy atom. The summed E-state index contributed by atoms with van der Waals surface area (Å²) in [4.78, 5) is 12.2. The predicted molar refractivity (Wildman–Crippen MR) is 57.1 cm³/mol. The van der Waals surface area contributed by atoms with Crippen molar-refractivity contribution < 1.29 is 0 Å². The van der Waals surface area contributed by atoms with Gasteiger partial charge in [0.25, 0.3) is 0 Å². The van der Waals surface area contributed by atoms with E-state index in [-0.39, 0.29) is 0 Å². The zero-order valence-electron chi connectivity index (χ0n) is 7.38. The van der Waals surface area contributed by atoms with Crippen molar-refractivity contribution in [2.75, 3.05) is 0 Å². The molecule has 6 heteroatoms. The van der Waals surface area contributed by atoms with Gasteiger partial charge in [-0.25, -0.2) is 15.0 Å². The van der Waals surface area contributed by atoms with E-state index in [1.165, 1.54) is 18.1 Å². The highest BCUT2D eigenvalue weighted by molar-refractivity contribution is 9.10. The highest BCUT2D eigenvalue weighted by atomic mass is 79.9. The molecule has 0 aromatic carbocycles. The Morgan fingerprint density at radius 1 is 1.43 bits per heavy atom. The Hall–Kier alpha value is -0.880. The summed E-state index contributed by atoms with van der Waals surface area (Å²) in [7, 11) is 1.95. The highest BCUT2D eigenvalue weighted by Gasteiger charge is 2.06. The van der Waals surface area contributed by atoms with Crippen molar-refractivity contribution in [3.63, 3.8) is 0 Å². The van der Waals surface area contributed by atoms with Crippen LogP contribution < -0.4 is 0 Å². The minimum absolute atomic E-state index is 0.870. The summed E-state index contributed by atoms with van der Waals surface area (Å²) < 4.78 is 2.83. The third kappa shape index (κ3) is 1.96. The summed E-state index contributed by atoms with van der Waals surface area (Å²) in [6, 6.07) is 0. The first kappa shape index (κ1) is 9.67. The van der Waals surface area contributed by atoms with Crippen LogP contribution in [0.25, 0.3) is 0 Å². The molecular formula is C8H7BrN4S. The van der Waals surface area contributed by atoms with Gasteiger partial charge in [0.2, 0.25) is 0 Å². The first-order chi connectivity index (χ1) is 6.77. The van der Waals surface area contributed by atoms with Gasteiger partial charge in [-0.2, -0.15) is 0 Å². The van der Waals surface area contributed by atoms with Gasteiger partial charge in [0.1, 0.15) is 11.4 Å². The molecule has 2 aromatic heterocycles. The van der Waals surface area contributed by atoms with E-state index < -0.39 is 0 Å². The minimum atomic E-state index is 0.870. The van der Waals surface area contributed by atoms with Crippen LogP contribution in [0.3, 0.4) is 0 Å². The van der Waals surface area contributed by atoms with Gasteiger partial charge in [-0.05, 0) is 27.7 Å². The molecule has 0 aliphatic rings. The van der Waals surface area contributed by atoms with Gasteiger partial charge in [-0.1, -0.05) is 0 Å². The normalized spacial score (nSPS) is 10.4. The molecule has 0 unspecified atom stereocenters. The molecule has 0 saturated heterocycles. The zero-order valence-corrected chi connectivity index (χ0v) is 9.79. The summed E-state index contributed by atoms with van der Waals surface area (Å²) in [5, 5.41) is 1.78. The Balaban J connectivity index is 2.28. The largest absolute Gasteiger partial charge is 0.329 e. The molecule has 2 heterocycles. The van der Waals surface area contributed by atoms with Crippen molar-refractivity contribution in [3.05, 3.63) is 29.4 Å². The van der Waals surface area contributed by atoms with Gasteiger partial charge in [-0.3, -0.25) is 0 Å². The molecule has 4 nitrogen and oxygen atoms in total. The molecule has 2 rings (SSSR count). The van der Waals surface area contributed by atoms with E-state index in [9.17, 15) is 0 Å². The van der Waals surface area contributed by atoms with Crippen LogP contribution in [0.1, 0.15) is 0 Å². The van der Waals surface area contributed by atoms with Crippen molar-refractivity contribution in [2.45, 2.75) is 10.2 Å². The van der Waals surface area contributed by atoms with Gasteiger partial charge in [0, 0.05) is 25.6 Å². The monoisotopic (exact) mass is 270 g/mol. The van der Waals surface area contributed by atoms with Crippen LogP contribution in [-0.4, -0.2) is 19.5 Å². The van der Waals surface area contributed by atoms with Gasteiger partial charge in [-0.15, -0.1) is 0 Å². The second-order valence-corrected chi connectivity index (χ2v) is 4.41. The fourth-order valence-electron chi connectivity index (χ4n) is 0.913. The molecule has 0 N–H and O–H groups in total. The Morgan fingerprint density at radius 3 is 2.93 bits per heavy atom. The van der Waals surface area contributed by atoms with Crippen molar-refractivity contribution in [2.24, 2.45) is 7.05 Å². The summed E-state index contributed by atoms with van der Waals surface area (Å²) in [6.07, 6.45) is 6.91. The number of aromatic nitrogens is 4. The smallest absolute Gasteiger partial charge is 0.174 e. The van der Waals surface area contributed by atoms with Crippen molar-refractivity contribution in [3.8, 4) is 0 Å². The second kappa shape index (κ2) is 4.10. The molecule has 0 spiro atoms. The van der Waals surface area contributed by atoms with Crippen LogP contribution in [0.4, 0.5) is 0 Å². The lowest BCUT2D eigenvalue weighted by molar-refractivity contribution is 0.788. The number of hydrogen-bond donors (Lipinski definition) is 0. The number of nitrogens with zero attached hydrogens (tertiary/aromatic N) is 4. The molecule has 0 aliphatic carbocycles. The van der Waals surface area contributed by atoms with E-state index in [0.717, 1.165) is 14.7 Å². The molecule has 0 amide bonds. The van der Waals surface area contributed by atoms with E-state index in [1.54, 1.807) is 12.4 Å². The molecule has 0 atom stereocenters. The molecule has 0 bridgehead atoms. The minimum Gasteiger partial charge on any atom is -0.329 e. The number of hydrogen-bond acceptors (Lipinski definition) is 4. The fourth-order valence-corrected chi connectivity index (χ4v) is 2.12. The van der Waals surface area contributed by atoms with Crippen molar-refractivity contribution in [1.82, 2.24) is 19.5 Å². The average molecular weight is 271 g/mol. The summed E-state index contributed by atoms with van der Waals surface area (Å²) in [5.74, 6) is 0. The van der Waals surface area contributed by atoms with Crippen molar-refractivity contribution in [1.29, 1.82) is 0 Å². The van der Waals surface area contributed by atoms with Gasteiger partial charge < -0.3 is 4.57 Å². The maximum absolute atomic E-state index is 4.20. The molecule has 0 fully saturated rings. The number of halogens is 1. The molecule has 0 aliphatic heterocycles. The fraction of sp³-hybridized carbons (Fsp3) is 0.125. The van der Waals surface area contributed by atoms with Crippen LogP contribution in [-0.2, 0) is 7.05 Å². The Labute approximate surface area is 93.9 Å². The van der Waals surface area contributed by atoms with Gasteiger partial charge in [0.15, 0.2) is 5.16 Å². The average Bonchev–Trinajstić information content (AvgIpc) is 2.56. The number of imidazole rings is 1. The lowest BCUT2D eigenvalue weighted by Crippen LogP contribution is -1.90. The van der Waals surface area contributed by atoms with Crippen molar-refractivity contribution >= 4 is 27.7 Å². The van der Waals surface area contributed by atoms with Crippen LogP contribution in [0.15, 0.2) is 39.6 Å². The molecule has 2 aromatic rings. The maximum atomic E-state index is 4.20. The number of rotatable bonds is 2. The summed E-state index contributed by atoms with van der Waals surface area (Å²) >= 11 is 4.89. The standard InChI is InChI=1S/C8H7BrN4S/c1-13-3-2-11-8(13)14-7-6(9)4-10-5-12-7/h2-5H,1H3. The van der Waals surface area contributed by atoms with Gasteiger partial charge >= 0.3 is 0 Å². The van der Waals surface area contributed by atoms with E-state index in [0.29, 0.717) is 0 Å². The first-order valence-corrected chi connectivity index (χ1v) is 5.49. The molecule has 14 heavy (non-hydrogen) atoms. The Kier molecular flexibility index (Phi) is 2.83. The van der Waals surface area contributed by atoms with Crippen LogP contribution in [0.5, 0.6) is 0 Å². The lowest BCUT2D eigenvalue weighted by Gasteiger charge is -2.01. The van der Waals surface area contributed by atoms with E-state index in [4.69, 9.17) is 0 Å². The van der Waals surface area contributed by atoms with Crippen LogP contribution in [0, 0.1) is 0 Å². The molecule has 0 radical (unpaired) electrons. The van der Waals surface area contributed by atoms with E-state index in [1.807, 2.05) is 17.8 Å². The molecular weight excluding hydrogens is 264 g/mol. The second-order valence-electron chi connectivity index (χ2n) is 2.60. The van der Waals surface area contributed by atoms with E-state index in [2.05, 4.69) is 30.9 Å². The van der Waals surface area contributed by atoms with Crippen LogP contribution >= 0.6 is 27.7 Å². The number of aryl methyl sites for hydroxylation is 1. The van der Waals surface area contributed by atoms with Gasteiger partial charge in [0.05, 0.1) is 4.47 Å². The highest BCUT2D eigenvalue weighted by Crippen LogP contribution is 2.29. The topological polar surface area (TPSA) is 43.6 Å². The predicted octanol–water partition coefficient (Wildman–Crippen LogP) is 2.12. The molecule has 72 valence electrons. The zero-order chi connectivity index (χ0) is 9.97. The SMILES string of the molecule is Cn1ccnc1Sc1ncncc1Br.